The first kappa shape index (κ1) is 35.4. The monoisotopic (exact) mass is 738 g/mol. The zero-order valence-electron chi connectivity index (χ0n) is 31.1. The number of hydrogen-bond donors (Lipinski definition) is 2. The molecule has 2 saturated heterocycles. The van der Waals surface area contributed by atoms with E-state index >= 15 is 0 Å². The minimum atomic E-state index is -1.20. The van der Waals surface area contributed by atoms with Crippen molar-refractivity contribution in [3.05, 3.63) is 76.4 Å². The van der Waals surface area contributed by atoms with Crippen LogP contribution in [0.5, 0.6) is 5.75 Å². The molecule has 2 aromatic carbocycles. The lowest BCUT2D eigenvalue weighted by atomic mass is 9.94. The molecule has 6 heterocycles. The fourth-order valence-corrected chi connectivity index (χ4v) is 7.48. The summed E-state index contributed by atoms with van der Waals surface area (Å²) in [5.41, 5.74) is 3.28. The molecule has 0 radical (unpaired) electrons. The van der Waals surface area contributed by atoms with Crippen LogP contribution in [0.25, 0.3) is 44.6 Å². The first-order valence-corrected chi connectivity index (χ1v) is 18.2. The summed E-state index contributed by atoms with van der Waals surface area (Å²) in [7, 11) is 0. The van der Waals surface area contributed by atoms with Gasteiger partial charge in [0.2, 0.25) is 0 Å². The van der Waals surface area contributed by atoms with Crippen molar-refractivity contribution in [2.75, 3.05) is 13.1 Å². The number of aromatic nitrogens is 4. The third-order valence-corrected chi connectivity index (χ3v) is 9.84. The molecule has 54 heavy (non-hydrogen) atoms. The quantitative estimate of drug-likeness (QED) is 0.174. The smallest absolute Gasteiger partial charge is 0.411 e. The lowest BCUT2D eigenvalue weighted by molar-refractivity contribution is 0.0204. The number of H-pyrrole nitrogens is 2. The van der Waals surface area contributed by atoms with Gasteiger partial charge in [-0.1, -0.05) is 18.2 Å². The van der Waals surface area contributed by atoms with Gasteiger partial charge in [-0.3, -0.25) is 9.80 Å². The lowest BCUT2D eigenvalue weighted by Gasteiger charge is -2.27. The Kier molecular flexibility index (Phi) is 8.53. The average molecular weight is 739 g/mol. The highest BCUT2D eigenvalue weighted by molar-refractivity contribution is 5.91. The van der Waals surface area contributed by atoms with Gasteiger partial charge in [0, 0.05) is 40.6 Å². The molecular weight excluding hydrogens is 695 g/mol. The second-order valence-corrected chi connectivity index (χ2v) is 16.1. The minimum absolute atomic E-state index is 0.0743. The zero-order chi connectivity index (χ0) is 38.1. The van der Waals surface area contributed by atoms with Crippen LogP contribution in [-0.2, 0) is 16.1 Å². The number of likely N-dealkylation sites (tertiary alicyclic amines) is 2. The van der Waals surface area contributed by atoms with E-state index in [4.69, 9.17) is 18.6 Å². The number of nitrogens with zero attached hydrogens (tertiary/aromatic N) is 4. The Morgan fingerprint density at radius 3 is 2.19 bits per heavy atom. The van der Waals surface area contributed by atoms with Crippen LogP contribution in [0.2, 0.25) is 0 Å². The molecule has 13 nitrogen and oxygen atoms in total. The number of carbonyl (C=O) groups excluding carboxylic acids is 2. The highest BCUT2D eigenvalue weighted by Crippen LogP contribution is 2.42. The van der Waals surface area contributed by atoms with Gasteiger partial charge in [0.15, 0.2) is 0 Å². The number of hydrogen-bond acceptors (Lipinski definition) is 9. The maximum atomic E-state index is 14.5. The van der Waals surface area contributed by atoms with Gasteiger partial charge in [0.05, 0.1) is 48.0 Å². The molecule has 0 bridgehead atoms. The Balaban J connectivity index is 1.03. The maximum absolute atomic E-state index is 14.5. The Morgan fingerprint density at radius 2 is 1.50 bits per heavy atom. The molecule has 3 aliphatic heterocycles. The van der Waals surface area contributed by atoms with E-state index in [9.17, 15) is 18.8 Å². The number of ether oxygens (including phenoxy) is 3. The molecule has 8 rings (SSSR count). The van der Waals surface area contributed by atoms with Crippen LogP contribution in [0, 0.1) is 0 Å². The van der Waals surface area contributed by atoms with Crippen molar-refractivity contribution in [1.82, 2.24) is 29.7 Å². The molecule has 3 aromatic heterocycles. The molecule has 282 valence electrons. The largest absolute Gasteiger partial charge is 0.488 e. The van der Waals surface area contributed by atoms with Crippen molar-refractivity contribution in [1.29, 1.82) is 0 Å². The average Bonchev–Trinajstić information content (AvgIpc) is 3.92. The van der Waals surface area contributed by atoms with Gasteiger partial charge in [0.1, 0.15) is 47.0 Å². The normalized spacial score (nSPS) is 19.8. The molecule has 5 aromatic rings. The predicted octanol–water partition coefficient (Wildman–Crippen LogP) is 8.22. The van der Waals surface area contributed by atoms with Crippen molar-refractivity contribution in [2.45, 2.75) is 96.9 Å². The zero-order valence-corrected chi connectivity index (χ0v) is 31.1. The summed E-state index contributed by atoms with van der Waals surface area (Å²) in [4.78, 5) is 58.2. The summed E-state index contributed by atoms with van der Waals surface area (Å²) in [6.07, 6.45) is 2.95. The number of alkyl halides is 1. The van der Waals surface area contributed by atoms with Gasteiger partial charge >= 0.3 is 17.8 Å². The Labute approximate surface area is 310 Å². The summed E-state index contributed by atoms with van der Waals surface area (Å²) >= 11 is 0. The van der Waals surface area contributed by atoms with E-state index in [-0.39, 0.29) is 31.7 Å². The second kappa shape index (κ2) is 13.0. The second-order valence-electron chi connectivity index (χ2n) is 16.1. The third-order valence-electron chi connectivity index (χ3n) is 9.84. The number of nitrogens with one attached hydrogen (secondary N) is 2. The first-order valence-electron chi connectivity index (χ1n) is 18.2. The van der Waals surface area contributed by atoms with E-state index in [1.807, 2.05) is 51.1 Å². The fraction of sp³-hybridized carbons (Fsp3) is 0.425. The molecule has 0 spiro atoms. The van der Waals surface area contributed by atoms with Gasteiger partial charge in [-0.05, 0) is 72.6 Å². The van der Waals surface area contributed by atoms with E-state index in [2.05, 4.69) is 19.9 Å². The van der Waals surface area contributed by atoms with Crippen molar-refractivity contribution in [3.8, 4) is 39.4 Å². The highest BCUT2D eigenvalue weighted by Gasteiger charge is 2.40. The summed E-state index contributed by atoms with van der Waals surface area (Å²) < 4.78 is 37.8. The number of halogens is 1. The van der Waals surface area contributed by atoms with Gasteiger partial charge in [-0.2, -0.15) is 0 Å². The molecule has 3 aliphatic rings. The highest BCUT2D eigenvalue weighted by atomic mass is 19.1. The molecule has 2 N–H and O–H groups in total. The number of carbonyl (C=O) groups is 2. The van der Waals surface area contributed by atoms with E-state index in [0.29, 0.717) is 51.9 Å². The topological polar surface area (TPSA) is 156 Å². The van der Waals surface area contributed by atoms with Gasteiger partial charge in [-0.15, -0.1) is 0 Å². The standard InChI is InChI=1S/C40H43FN6O7/c1-39(2,3)53-37(49)46-13-7-8-29(46)34-42-17-27(44-34)21-10-12-25-31(14-21)51-20-26-24-11-9-22(15-32(24)52-36(48)33(25)26)28-18-43-35(45-28)30-16-23(41)19-47(30)38(50)54-40(4,5)6/h9-12,14-15,17-18,23,29-30H,7-8,13,16,19-20H2,1-6H3,(H,42,44)(H,43,45)/t23-,29+,30+/m1/s1. The SMILES string of the molecule is CC(C)(C)OC(=O)N1CCC[C@H]1c1ncc(-c2ccc3c(c2)OCc2c-3c(=O)oc3cc(-c4cnc([C@@H]5C[C@@H](F)CN5C(=O)OC(C)(C)C)[nH]4)ccc23)[nH]1. The summed E-state index contributed by atoms with van der Waals surface area (Å²) in [5, 5.41) is 0.735. The molecule has 0 aliphatic carbocycles. The Morgan fingerprint density at radius 1 is 0.870 bits per heavy atom. The number of aromatic amines is 2. The summed E-state index contributed by atoms with van der Waals surface area (Å²) in [5.74, 6) is 1.67. The van der Waals surface area contributed by atoms with Gasteiger partial charge in [-0.25, -0.2) is 28.7 Å². The lowest BCUT2D eigenvalue weighted by Crippen LogP contribution is -2.37. The number of amides is 2. The van der Waals surface area contributed by atoms with Crippen LogP contribution in [0.4, 0.5) is 14.0 Å². The maximum Gasteiger partial charge on any atom is 0.411 e. The summed E-state index contributed by atoms with van der Waals surface area (Å²) in [6, 6.07) is 10.3. The van der Waals surface area contributed by atoms with Crippen molar-refractivity contribution >= 4 is 23.2 Å². The number of benzene rings is 2. The molecule has 3 atom stereocenters. The molecule has 14 heteroatoms. The molecule has 2 fully saturated rings. The Bertz CT molecular complexity index is 2330. The predicted molar refractivity (Wildman–Crippen MR) is 198 cm³/mol. The van der Waals surface area contributed by atoms with Crippen LogP contribution in [0.3, 0.4) is 0 Å². The molecular formula is C40H43FN6O7. The fourth-order valence-electron chi connectivity index (χ4n) is 7.48. The van der Waals surface area contributed by atoms with Gasteiger partial charge in [0.25, 0.3) is 0 Å². The van der Waals surface area contributed by atoms with Crippen molar-refractivity contribution < 1.29 is 32.6 Å². The van der Waals surface area contributed by atoms with E-state index < -0.39 is 35.1 Å². The van der Waals surface area contributed by atoms with Crippen LogP contribution < -0.4 is 10.4 Å². The third kappa shape index (κ3) is 6.69. The first-order chi connectivity index (χ1) is 25.6. The van der Waals surface area contributed by atoms with Crippen molar-refractivity contribution in [2.24, 2.45) is 0 Å². The Hall–Kier alpha value is -5.66. The van der Waals surface area contributed by atoms with E-state index in [0.717, 1.165) is 35.0 Å². The minimum Gasteiger partial charge on any atom is -0.488 e. The van der Waals surface area contributed by atoms with Gasteiger partial charge < -0.3 is 28.6 Å². The number of rotatable bonds is 4. The molecule has 0 saturated carbocycles. The van der Waals surface area contributed by atoms with Crippen LogP contribution in [0.15, 0.2) is 58.0 Å². The van der Waals surface area contributed by atoms with Crippen LogP contribution in [-0.4, -0.2) is 72.4 Å². The molecule has 0 unspecified atom stereocenters. The molecule has 2 amide bonds. The van der Waals surface area contributed by atoms with E-state index in [1.54, 1.807) is 44.1 Å². The van der Waals surface area contributed by atoms with Crippen LogP contribution in [0.1, 0.15) is 90.1 Å². The van der Waals surface area contributed by atoms with E-state index in [1.165, 1.54) is 4.90 Å². The van der Waals surface area contributed by atoms with Crippen LogP contribution >= 0.6 is 0 Å². The number of imidazole rings is 2. The van der Waals surface area contributed by atoms with Crippen molar-refractivity contribution in [3.63, 3.8) is 0 Å². The number of fused-ring (bicyclic) bond motifs is 5. The summed E-state index contributed by atoms with van der Waals surface area (Å²) in [6.45, 7) is 11.5.